The molecule has 0 spiro atoms. The molecule has 0 bridgehead atoms. The van der Waals surface area contributed by atoms with Crippen LogP contribution >= 0.6 is 22.6 Å². The molecule has 0 fully saturated rings. The largest absolute Gasteiger partial charge is 0.488 e. The van der Waals surface area contributed by atoms with Gasteiger partial charge in [0.15, 0.2) is 0 Å². The Kier molecular flexibility index (Phi) is 8.81. The Balaban J connectivity index is 0.000000119. The van der Waals surface area contributed by atoms with Crippen molar-refractivity contribution in [3.8, 4) is 11.1 Å². The molecule has 8 aromatic carbocycles. The maximum absolute atomic E-state index is 8.58. The van der Waals surface area contributed by atoms with E-state index in [1.165, 1.54) is 48.7 Å². The Labute approximate surface area is 302 Å². The van der Waals surface area contributed by atoms with Gasteiger partial charge in [0, 0.05) is 27.1 Å². The normalized spacial score (nSPS) is 11.1. The minimum atomic E-state index is -1.34. The van der Waals surface area contributed by atoms with E-state index in [9.17, 15) is 0 Å². The van der Waals surface area contributed by atoms with E-state index in [4.69, 9.17) is 18.9 Å². The Bertz CT molecular complexity index is 2750. The summed E-state index contributed by atoms with van der Waals surface area (Å²) in [6, 6.07) is 57.0. The molecule has 0 unspecified atom stereocenters. The summed E-state index contributed by atoms with van der Waals surface area (Å²) in [7, 11) is -1.34. The highest BCUT2D eigenvalue weighted by atomic mass is 127. The van der Waals surface area contributed by atoms with Gasteiger partial charge in [0.25, 0.3) is 0 Å². The Morgan fingerprint density at radius 1 is 0.440 bits per heavy atom. The minimum absolute atomic E-state index is 0.525. The van der Waals surface area contributed by atoms with Crippen LogP contribution in [0.1, 0.15) is 0 Å². The van der Waals surface area contributed by atoms with Gasteiger partial charge in [-0.2, -0.15) is 0 Å². The van der Waals surface area contributed by atoms with Gasteiger partial charge in [-0.1, -0.05) is 146 Å². The second kappa shape index (κ2) is 13.8. The van der Waals surface area contributed by atoms with Gasteiger partial charge >= 0.3 is 7.12 Å². The molecule has 4 nitrogen and oxygen atoms in total. The van der Waals surface area contributed by atoms with Crippen LogP contribution in [0.3, 0.4) is 0 Å². The summed E-state index contributed by atoms with van der Waals surface area (Å²) in [4.78, 5) is 0. The molecule has 240 valence electrons. The predicted octanol–water partition coefficient (Wildman–Crippen LogP) is 11.1. The van der Waals surface area contributed by atoms with Crippen molar-refractivity contribution in [1.82, 2.24) is 0 Å². The third-order valence-corrected chi connectivity index (χ3v) is 9.68. The molecule has 2 heterocycles. The highest BCUT2D eigenvalue weighted by Crippen LogP contribution is 2.41. The molecule has 10 aromatic rings. The Morgan fingerprint density at radius 3 is 1.44 bits per heavy atom. The zero-order valence-electron chi connectivity index (χ0n) is 26.8. The fourth-order valence-electron chi connectivity index (χ4n) is 6.57. The number of hydrogen-bond acceptors (Lipinski definition) is 4. The molecule has 0 aliphatic carbocycles. The maximum atomic E-state index is 8.58. The molecular formula is C44H30BIO4. The van der Waals surface area contributed by atoms with E-state index in [1.807, 2.05) is 36.4 Å². The summed E-state index contributed by atoms with van der Waals surface area (Å²) in [6.07, 6.45) is 0. The van der Waals surface area contributed by atoms with E-state index in [2.05, 4.69) is 132 Å². The first-order valence-electron chi connectivity index (χ1n) is 16.3. The number of fused-ring (bicyclic) bond motifs is 10. The molecule has 10 rings (SSSR count). The molecule has 50 heavy (non-hydrogen) atoms. The zero-order valence-corrected chi connectivity index (χ0v) is 29.0. The van der Waals surface area contributed by atoms with E-state index in [-0.39, 0.29) is 0 Å². The standard InChI is InChI=1S/C22H14O.C16H9IO.C6H7BO2/c1-2-8-15(9-3-1)19-14-16-10-4-5-11-17(16)21-18-12-6-7-13-20(18)23-22(19)21;17-13-9-10-5-1-2-6-11(10)15-12-7-3-4-8-14(12)18-16(13)15;8-7(9)6-4-2-1-3-5-6/h1-14H;1-9H;1-5,8-9H. The summed E-state index contributed by atoms with van der Waals surface area (Å²) < 4.78 is 13.4. The quantitative estimate of drug-likeness (QED) is 0.136. The van der Waals surface area contributed by atoms with Crippen molar-refractivity contribution in [2.24, 2.45) is 0 Å². The van der Waals surface area contributed by atoms with Gasteiger partial charge in [-0.25, -0.2) is 0 Å². The first-order valence-corrected chi connectivity index (χ1v) is 17.4. The highest BCUT2D eigenvalue weighted by molar-refractivity contribution is 14.1. The number of rotatable bonds is 2. The van der Waals surface area contributed by atoms with Crippen LogP contribution in [0, 0.1) is 3.57 Å². The second-order valence-electron chi connectivity index (χ2n) is 12.0. The van der Waals surface area contributed by atoms with Crippen LogP contribution in [0.4, 0.5) is 0 Å². The number of hydrogen-bond donors (Lipinski definition) is 2. The van der Waals surface area contributed by atoms with E-state index in [1.54, 1.807) is 24.3 Å². The zero-order chi connectivity index (χ0) is 34.0. The van der Waals surface area contributed by atoms with Crippen LogP contribution in [0.15, 0.2) is 179 Å². The van der Waals surface area contributed by atoms with Crippen LogP contribution in [-0.2, 0) is 0 Å². The summed E-state index contributed by atoms with van der Waals surface area (Å²) in [5, 5.41) is 27.0. The third kappa shape index (κ3) is 6.03. The summed E-state index contributed by atoms with van der Waals surface area (Å²) in [6.45, 7) is 0. The highest BCUT2D eigenvalue weighted by Gasteiger charge is 2.16. The minimum Gasteiger partial charge on any atom is -0.455 e. The average Bonchev–Trinajstić information content (AvgIpc) is 3.76. The predicted molar refractivity (Wildman–Crippen MR) is 217 cm³/mol. The molecule has 6 heteroatoms. The number of para-hydroxylation sites is 2. The van der Waals surface area contributed by atoms with Crippen LogP contribution < -0.4 is 5.46 Å². The summed E-state index contributed by atoms with van der Waals surface area (Å²) >= 11 is 2.35. The fourth-order valence-corrected chi connectivity index (χ4v) is 7.28. The van der Waals surface area contributed by atoms with Gasteiger partial charge in [-0.15, -0.1) is 0 Å². The van der Waals surface area contributed by atoms with Gasteiger partial charge in [0.05, 0.1) is 3.57 Å². The van der Waals surface area contributed by atoms with Gasteiger partial charge in [0.2, 0.25) is 0 Å². The average molecular weight is 760 g/mol. The van der Waals surface area contributed by atoms with Crippen molar-refractivity contribution in [3.63, 3.8) is 0 Å². The summed E-state index contributed by atoms with van der Waals surface area (Å²) in [5.41, 5.74) is 6.72. The topological polar surface area (TPSA) is 66.7 Å². The number of halogens is 1. The maximum Gasteiger partial charge on any atom is 0.488 e. The van der Waals surface area contributed by atoms with E-state index in [0.29, 0.717) is 5.46 Å². The molecule has 0 saturated carbocycles. The molecule has 0 amide bonds. The lowest BCUT2D eigenvalue weighted by molar-refractivity contribution is 0.426. The van der Waals surface area contributed by atoms with Crippen molar-refractivity contribution in [1.29, 1.82) is 0 Å². The molecule has 2 N–H and O–H groups in total. The number of benzene rings is 8. The molecule has 0 atom stereocenters. The van der Waals surface area contributed by atoms with E-state index in [0.717, 1.165) is 31.5 Å². The van der Waals surface area contributed by atoms with Crippen LogP contribution in [0.2, 0.25) is 0 Å². The SMILES string of the molecule is Ic1cc2ccccc2c2c1oc1ccccc12.OB(O)c1ccccc1.c1ccc(-c2cc3ccccc3c3c2oc2ccccc23)cc1. The lowest BCUT2D eigenvalue weighted by atomic mass is 9.81. The van der Waals surface area contributed by atoms with Crippen LogP contribution in [0.25, 0.3) is 76.5 Å². The molecule has 0 radical (unpaired) electrons. The Morgan fingerprint density at radius 2 is 0.880 bits per heavy atom. The second-order valence-corrected chi connectivity index (χ2v) is 13.1. The van der Waals surface area contributed by atoms with Gasteiger partial charge in [0.1, 0.15) is 22.3 Å². The van der Waals surface area contributed by atoms with Crippen molar-refractivity contribution in [3.05, 3.63) is 173 Å². The Hall–Kier alpha value is -5.41. The van der Waals surface area contributed by atoms with Crippen molar-refractivity contribution in [2.75, 3.05) is 0 Å². The van der Waals surface area contributed by atoms with E-state index < -0.39 is 7.12 Å². The fraction of sp³-hybridized carbons (Fsp3) is 0. The van der Waals surface area contributed by atoms with Gasteiger partial charge in [-0.3, -0.25) is 0 Å². The smallest absolute Gasteiger partial charge is 0.455 e. The first kappa shape index (κ1) is 31.8. The van der Waals surface area contributed by atoms with Crippen molar-refractivity contribution >= 4 is 101 Å². The van der Waals surface area contributed by atoms with Gasteiger partial charge in [-0.05, 0) is 79.4 Å². The molecule has 2 aromatic heterocycles. The monoisotopic (exact) mass is 760 g/mol. The van der Waals surface area contributed by atoms with Gasteiger partial charge < -0.3 is 18.9 Å². The molecule has 0 saturated heterocycles. The lowest BCUT2D eigenvalue weighted by Gasteiger charge is -2.06. The van der Waals surface area contributed by atoms with Crippen LogP contribution in [-0.4, -0.2) is 17.2 Å². The van der Waals surface area contributed by atoms with Crippen molar-refractivity contribution < 1.29 is 18.9 Å². The first-order chi connectivity index (χ1) is 24.6. The molecule has 0 aliphatic rings. The third-order valence-electron chi connectivity index (χ3n) is 8.88. The van der Waals surface area contributed by atoms with Crippen LogP contribution in [0.5, 0.6) is 0 Å². The lowest BCUT2D eigenvalue weighted by Crippen LogP contribution is -2.29. The molecule has 0 aliphatic heterocycles. The van der Waals surface area contributed by atoms with E-state index >= 15 is 0 Å². The molecular weight excluding hydrogens is 730 g/mol. The summed E-state index contributed by atoms with van der Waals surface area (Å²) in [5.74, 6) is 0. The van der Waals surface area contributed by atoms with Crippen molar-refractivity contribution in [2.45, 2.75) is 0 Å². The number of furan rings is 2.